The van der Waals surface area contributed by atoms with Gasteiger partial charge in [0, 0.05) is 18.5 Å². The molecule has 0 bridgehead atoms. The van der Waals surface area contributed by atoms with Gasteiger partial charge in [-0.25, -0.2) is 4.98 Å². The monoisotopic (exact) mass is 364 g/mol. The zero-order valence-corrected chi connectivity index (χ0v) is 14.6. The van der Waals surface area contributed by atoms with Gasteiger partial charge in [-0.2, -0.15) is 0 Å². The highest BCUT2D eigenvalue weighted by Crippen LogP contribution is 2.26. The number of thiophene rings is 1. The molecule has 0 fully saturated rings. The normalized spacial score (nSPS) is 10.7. The van der Waals surface area contributed by atoms with Crippen LogP contribution in [0.15, 0.2) is 53.9 Å². The summed E-state index contributed by atoms with van der Waals surface area (Å²) >= 11 is 8.57. The lowest BCUT2D eigenvalue weighted by Gasteiger charge is -2.08. The van der Waals surface area contributed by atoms with E-state index in [1.807, 2.05) is 35.0 Å². The Balaban J connectivity index is 1.75. The van der Waals surface area contributed by atoms with Gasteiger partial charge in [-0.1, -0.05) is 29.4 Å². The molecule has 3 aromatic rings. The molecule has 7 heteroatoms. The Morgan fingerprint density at radius 1 is 1.39 bits per heavy atom. The summed E-state index contributed by atoms with van der Waals surface area (Å²) in [5, 5.41) is 0.759. The minimum absolute atomic E-state index is 0.0482. The molecule has 3 rings (SSSR count). The van der Waals surface area contributed by atoms with Crippen molar-refractivity contribution in [1.82, 2.24) is 9.55 Å². The van der Waals surface area contributed by atoms with Crippen LogP contribution in [0.1, 0.15) is 9.67 Å². The number of hydrogen-bond donors (Lipinski definition) is 0. The first-order valence-electron chi connectivity index (χ1n) is 6.76. The zero-order chi connectivity index (χ0) is 16.2. The fourth-order valence-electron chi connectivity index (χ4n) is 2.02. The van der Waals surface area contributed by atoms with E-state index in [0.29, 0.717) is 15.0 Å². The molecule has 0 saturated heterocycles. The van der Waals surface area contributed by atoms with Gasteiger partial charge in [0.2, 0.25) is 0 Å². The summed E-state index contributed by atoms with van der Waals surface area (Å²) in [6.07, 6.45) is 3.58. The van der Waals surface area contributed by atoms with E-state index in [1.165, 1.54) is 23.1 Å². The Labute approximate surface area is 147 Å². The second kappa shape index (κ2) is 7.21. The van der Waals surface area contributed by atoms with Crippen molar-refractivity contribution in [1.29, 1.82) is 0 Å². The molecule has 0 aliphatic heterocycles. The summed E-state index contributed by atoms with van der Waals surface area (Å²) in [6, 6.07) is 11.2. The van der Waals surface area contributed by atoms with E-state index in [-0.39, 0.29) is 5.78 Å². The van der Waals surface area contributed by atoms with Gasteiger partial charge < -0.3 is 4.74 Å². The SMILES string of the molecule is COc1cccc(-n2ccnc2SCC(=O)c2ccc(Cl)s2)c1. The average molecular weight is 365 g/mol. The predicted molar refractivity (Wildman–Crippen MR) is 94.5 cm³/mol. The van der Waals surface area contributed by atoms with Crippen LogP contribution in [0.3, 0.4) is 0 Å². The molecule has 0 N–H and O–H groups in total. The van der Waals surface area contributed by atoms with Crippen molar-refractivity contribution in [3.8, 4) is 11.4 Å². The molecule has 0 atom stereocenters. The standard InChI is InChI=1S/C16H13ClN2O2S2/c1-21-12-4-2-3-11(9-12)19-8-7-18-16(19)22-10-13(20)14-5-6-15(17)23-14/h2-9H,10H2,1H3. The van der Waals surface area contributed by atoms with Crippen LogP contribution in [0.25, 0.3) is 5.69 Å². The Kier molecular flexibility index (Phi) is 5.05. The third-order valence-electron chi connectivity index (χ3n) is 3.12. The van der Waals surface area contributed by atoms with Crippen LogP contribution in [-0.4, -0.2) is 28.2 Å². The van der Waals surface area contributed by atoms with Crippen LogP contribution in [-0.2, 0) is 0 Å². The summed E-state index contributed by atoms with van der Waals surface area (Å²) in [4.78, 5) is 17.2. The molecule has 118 valence electrons. The van der Waals surface area contributed by atoms with E-state index in [4.69, 9.17) is 16.3 Å². The molecule has 1 aromatic carbocycles. The zero-order valence-electron chi connectivity index (χ0n) is 12.2. The van der Waals surface area contributed by atoms with Gasteiger partial charge >= 0.3 is 0 Å². The number of methoxy groups -OCH3 is 1. The highest BCUT2D eigenvalue weighted by molar-refractivity contribution is 7.99. The van der Waals surface area contributed by atoms with Gasteiger partial charge in [0.1, 0.15) is 5.75 Å². The van der Waals surface area contributed by atoms with Crippen LogP contribution in [0.2, 0.25) is 4.34 Å². The number of Topliss-reactive ketones (excluding diaryl/α,β-unsaturated/α-hetero) is 1. The van der Waals surface area contributed by atoms with Crippen molar-refractivity contribution in [2.24, 2.45) is 0 Å². The number of hydrogen-bond acceptors (Lipinski definition) is 5. The number of ketones is 1. The van der Waals surface area contributed by atoms with Crippen LogP contribution >= 0.6 is 34.7 Å². The van der Waals surface area contributed by atoms with E-state index in [1.54, 1.807) is 25.4 Å². The van der Waals surface area contributed by atoms with Crippen molar-refractivity contribution in [2.75, 3.05) is 12.9 Å². The maximum atomic E-state index is 12.2. The quantitative estimate of drug-likeness (QED) is 0.474. The molecule has 0 amide bonds. The molecule has 0 aliphatic carbocycles. The fourth-order valence-corrected chi connectivity index (χ4v) is 3.95. The number of carbonyl (C=O) groups excluding carboxylic acids is 1. The predicted octanol–water partition coefficient (Wildman–Crippen LogP) is 4.57. The molecule has 0 saturated carbocycles. The van der Waals surface area contributed by atoms with Gasteiger partial charge in [-0.3, -0.25) is 9.36 Å². The third kappa shape index (κ3) is 3.77. The van der Waals surface area contributed by atoms with E-state index in [2.05, 4.69) is 4.98 Å². The summed E-state index contributed by atoms with van der Waals surface area (Å²) in [5.74, 6) is 1.14. The first kappa shape index (κ1) is 16.1. The van der Waals surface area contributed by atoms with Crippen LogP contribution in [0.4, 0.5) is 0 Å². The van der Waals surface area contributed by atoms with Crippen molar-refractivity contribution in [2.45, 2.75) is 5.16 Å². The van der Waals surface area contributed by atoms with E-state index in [9.17, 15) is 4.79 Å². The fraction of sp³-hybridized carbons (Fsp3) is 0.125. The van der Waals surface area contributed by atoms with Crippen molar-refractivity contribution in [3.63, 3.8) is 0 Å². The molecule has 0 spiro atoms. The van der Waals surface area contributed by atoms with Gasteiger partial charge in [0.25, 0.3) is 0 Å². The molecule has 2 heterocycles. The Morgan fingerprint density at radius 3 is 3.00 bits per heavy atom. The largest absolute Gasteiger partial charge is 0.497 e. The lowest BCUT2D eigenvalue weighted by Crippen LogP contribution is -2.02. The maximum Gasteiger partial charge on any atom is 0.183 e. The number of carbonyl (C=O) groups is 1. The lowest BCUT2D eigenvalue weighted by molar-refractivity contribution is 0.102. The topological polar surface area (TPSA) is 44.1 Å². The first-order chi connectivity index (χ1) is 11.2. The number of benzene rings is 1. The molecule has 2 aromatic heterocycles. The lowest BCUT2D eigenvalue weighted by atomic mass is 10.3. The van der Waals surface area contributed by atoms with Gasteiger partial charge in [-0.15, -0.1) is 11.3 Å². The number of imidazole rings is 1. The summed E-state index contributed by atoms with van der Waals surface area (Å²) in [6.45, 7) is 0. The number of thioether (sulfide) groups is 1. The summed E-state index contributed by atoms with van der Waals surface area (Å²) in [7, 11) is 1.63. The highest BCUT2D eigenvalue weighted by Gasteiger charge is 2.12. The first-order valence-corrected chi connectivity index (χ1v) is 8.94. The third-order valence-corrected chi connectivity index (χ3v) is 5.36. The minimum Gasteiger partial charge on any atom is -0.497 e. The van der Waals surface area contributed by atoms with Crippen molar-refractivity contribution in [3.05, 3.63) is 58.0 Å². The minimum atomic E-state index is 0.0482. The molecular weight excluding hydrogens is 352 g/mol. The number of ether oxygens (including phenoxy) is 1. The molecule has 0 unspecified atom stereocenters. The second-order valence-electron chi connectivity index (χ2n) is 4.60. The smallest absolute Gasteiger partial charge is 0.183 e. The molecule has 0 radical (unpaired) electrons. The number of aromatic nitrogens is 2. The molecule has 4 nitrogen and oxygen atoms in total. The Hall–Kier alpha value is -1.76. The van der Waals surface area contributed by atoms with Gasteiger partial charge in [0.05, 0.1) is 27.8 Å². The molecular formula is C16H13ClN2O2S2. The van der Waals surface area contributed by atoms with E-state index < -0.39 is 0 Å². The summed E-state index contributed by atoms with van der Waals surface area (Å²) < 4.78 is 7.80. The number of rotatable bonds is 6. The molecule has 0 aliphatic rings. The van der Waals surface area contributed by atoms with Crippen molar-refractivity contribution < 1.29 is 9.53 Å². The number of nitrogens with zero attached hydrogens (tertiary/aromatic N) is 2. The van der Waals surface area contributed by atoms with Crippen molar-refractivity contribution >= 4 is 40.5 Å². The van der Waals surface area contributed by atoms with Crippen LogP contribution < -0.4 is 4.74 Å². The van der Waals surface area contributed by atoms with E-state index in [0.717, 1.165) is 16.6 Å². The maximum absolute atomic E-state index is 12.2. The van der Waals surface area contributed by atoms with Crippen LogP contribution in [0, 0.1) is 0 Å². The van der Waals surface area contributed by atoms with E-state index >= 15 is 0 Å². The Bertz CT molecular complexity index is 829. The second-order valence-corrected chi connectivity index (χ2v) is 7.25. The van der Waals surface area contributed by atoms with Gasteiger partial charge in [-0.05, 0) is 24.3 Å². The average Bonchev–Trinajstić information content (AvgIpc) is 3.21. The Morgan fingerprint density at radius 2 is 2.26 bits per heavy atom. The molecule has 23 heavy (non-hydrogen) atoms. The summed E-state index contributed by atoms with van der Waals surface area (Å²) in [5.41, 5.74) is 0.941. The highest BCUT2D eigenvalue weighted by atomic mass is 35.5. The number of halogens is 1. The van der Waals surface area contributed by atoms with Gasteiger partial charge in [0.15, 0.2) is 10.9 Å². The van der Waals surface area contributed by atoms with Crippen LogP contribution in [0.5, 0.6) is 5.75 Å².